The molecule has 0 fully saturated rings. The van der Waals surface area contributed by atoms with E-state index in [2.05, 4.69) is 5.32 Å². The molecular formula is C14H20F2N2O. The minimum absolute atomic E-state index is 0.154. The molecule has 0 aliphatic carbocycles. The lowest BCUT2D eigenvalue weighted by Crippen LogP contribution is -2.46. The Kier molecular flexibility index (Phi) is 5.00. The fraction of sp³-hybridized carbons (Fsp3) is 0.500. The molecule has 3 N–H and O–H groups in total. The summed E-state index contributed by atoms with van der Waals surface area (Å²) in [5.41, 5.74) is 5.79. The third-order valence-corrected chi connectivity index (χ3v) is 2.62. The van der Waals surface area contributed by atoms with Crippen molar-refractivity contribution in [2.45, 2.75) is 32.7 Å². The van der Waals surface area contributed by atoms with Crippen molar-refractivity contribution in [2.24, 2.45) is 11.7 Å². The average Bonchev–Trinajstić information content (AvgIpc) is 2.28. The lowest BCUT2D eigenvalue weighted by molar-refractivity contribution is -0.126. The highest BCUT2D eigenvalue weighted by molar-refractivity contribution is 5.79. The molecular weight excluding hydrogens is 250 g/mol. The normalized spacial score (nSPS) is 13.2. The van der Waals surface area contributed by atoms with Gasteiger partial charge in [-0.05, 0) is 44.9 Å². The van der Waals surface area contributed by atoms with Crippen LogP contribution in [0, 0.1) is 17.6 Å². The lowest BCUT2D eigenvalue weighted by atomic mass is 9.97. The largest absolute Gasteiger partial charge is 0.351 e. The van der Waals surface area contributed by atoms with E-state index in [0.717, 1.165) is 12.1 Å². The Balaban J connectivity index is 2.76. The van der Waals surface area contributed by atoms with E-state index in [1.54, 1.807) is 0 Å². The number of benzene rings is 1. The summed E-state index contributed by atoms with van der Waals surface area (Å²) in [5, 5.41) is 2.83. The molecule has 0 aliphatic heterocycles. The molecule has 1 amide bonds. The number of carbonyl (C=O) groups excluding carboxylic acids is 1. The first kappa shape index (κ1) is 15.6. The Morgan fingerprint density at radius 2 is 1.95 bits per heavy atom. The van der Waals surface area contributed by atoms with Crippen LogP contribution in [0.1, 0.15) is 26.3 Å². The molecule has 0 radical (unpaired) electrons. The number of nitrogens with one attached hydrogen (secondary N) is 1. The highest BCUT2D eigenvalue weighted by Crippen LogP contribution is 2.14. The molecule has 0 spiro atoms. The molecule has 0 bridgehead atoms. The van der Waals surface area contributed by atoms with Gasteiger partial charge in [-0.1, -0.05) is 6.07 Å². The Labute approximate surface area is 112 Å². The van der Waals surface area contributed by atoms with Crippen molar-refractivity contribution in [3.63, 3.8) is 0 Å². The van der Waals surface area contributed by atoms with Crippen molar-refractivity contribution in [1.82, 2.24) is 5.32 Å². The zero-order valence-electron chi connectivity index (χ0n) is 11.5. The minimum Gasteiger partial charge on any atom is -0.351 e. The molecule has 106 valence electrons. The summed E-state index contributed by atoms with van der Waals surface area (Å²) in [6, 6.07) is 3.62. The summed E-state index contributed by atoms with van der Waals surface area (Å²) in [5.74, 6) is -2.44. The van der Waals surface area contributed by atoms with Gasteiger partial charge in [0.2, 0.25) is 5.91 Å². The second kappa shape index (κ2) is 6.10. The number of carbonyl (C=O) groups is 1. The molecule has 0 aliphatic rings. The zero-order valence-corrected chi connectivity index (χ0v) is 11.5. The van der Waals surface area contributed by atoms with E-state index >= 15 is 0 Å². The fourth-order valence-electron chi connectivity index (χ4n) is 1.71. The maximum atomic E-state index is 13.1. The second-order valence-electron chi connectivity index (χ2n) is 5.62. The van der Waals surface area contributed by atoms with Crippen LogP contribution in [0.3, 0.4) is 0 Å². The summed E-state index contributed by atoms with van der Waals surface area (Å²) in [4.78, 5) is 12.0. The number of halogens is 2. The van der Waals surface area contributed by atoms with Crippen LogP contribution < -0.4 is 11.1 Å². The van der Waals surface area contributed by atoms with Crippen LogP contribution >= 0.6 is 0 Å². The Morgan fingerprint density at radius 1 is 1.32 bits per heavy atom. The smallest absolute Gasteiger partial charge is 0.225 e. The minimum atomic E-state index is -0.912. The van der Waals surface area contributed by atoms with E-state index in [0.29, 0.717) is 5.56 Å². The van der Waals surface area contributed by atoms with Crippen molar-refractivity contribution in [2.75, 3.05) is 6.54 Å². The van der Waals surface area contributed by atoms with Gasteiger partial charge in [0.05, 0.1) is 5.92 Å². The number of nitrogens with two attached hydrogens (primary N) is 1. The van der Waals surface area contributed by atoms with E-state index in [-0.39, 0.29) is 24.4 Å². The molecule has 0 heterocycles. The van der Waals surface area contributed by atoms with Crippen molar-refractivity contribution < 1.29 is 13.6 Å². The monoisotopic (exact) mass is 270 g/mol. The fourth-order valence-corrected chi connectivity index (χ4v) is 1.71. The molecule has 0 saturated carbocycles. The molecule has 3 nitrogen and oxygen atoms in total. The SMILES string of the molecule is CC(C)(C)NC(=O)C(CN)Cc1ccc(F)c(F)c1. The maximum Gasteiger partial charge on any atom is 0.225 e. The first-order chi connectivity index (χ1) is 8.73. The maximum absolute atomic E-state index is 13.1. The van der Waals surface area contributed by atoms with E-state index in [1.165, 1.54) is 6.07 Å². The summed E-state index contributed by atoms with van der Waals surface area (Å²) in [6.07, 6.45) is 0.287. The van der Waals surface area contributed by atoms with Crippen molar-refractivity contribution in [3.8, 4) is 0 Å². The van der Waals surface area contributed by atoms with Gasteiger partial charge in [-0.15, -0.1) is 0 Å². The van der Waals surface area contributed by atoms with Gasteiger partial charge in [0.15, 0.2) is 11.6 Å². The lowest BCUT2D eigenvalue weighted by Gasteiger charge is -2.24. The van der Waals surface area contributed by atoms with Crippen molar-refractivity contribution >= 4 is 5.91 Å². The first-order valence-corrected chi connectivity index (χ1v) is 6.19. The molecule has 1 atom stereocenters. The molecule has 1 unspecified atom stereocenters. The number of hydrogen-bond donors (Lipinski definition) is 2. The highest BCUT2D eigenvalue weighted by Gasteiger charge is 2.22. The molecule has 1 aromatic carbocycles. The predicted octanol–water partition coefficient (Wildman–Crippen LogP) is 2.00. The van der Waals surface area contributed by atoms with Crippen LogP contribution in [0.5, 0.6) is 0 Å². The summed E-state index contributed by atoms with van der Waals surface area (Å²) < 4.78 is 25.9. The van der Waals surface area contributed by atoms with E-state index < -0.39 is 17.6 Å². The van der Waals surface area contributed by atoms with Gasteiger partial charge in [-0.2, -0.15) is 0 Å². The Bertz CT molecular complexity index is 455. The summed E-state index contributed by atoms with van der Waals surface area (Å²) >= 11 is 0. The van der Waals surface area contributed by atoms with E-state index in [1.807, 2.05) is 20.8 Å². The Morgan fingerprint density at radius 3 is 2.42 bits per heavy atom. The van der Waals surface area contributed by atoms with E-state index in [4.69, 9.17) is 5.73 Å². The summed E-state index contributed by atoms with van der Waals surface area (Å²) in [6.45, 7) is 5.77. The van der Waals surface area contributed by atoms with Gasteiger partial charge in [0.1, 0.15) is 0 Å². The molecule has 0 aromatic heterocycles. The Hall–Kier alpha value is -1.49. The van der Waals surface area contributed by atoms with Crippen LogP contribution in [0.25, 0.3) is 0 Å². The summed E-state index contributed by atoms with van der Waals surface area (Å²) in [7, 11) is 0. The molecule has 5 heteroatoms. The number of rotatable bonds is 4. The molecule has 0 saturated heterocycles. The van der Waals surface area contributed by atoms with Gasteiger partial charge in [-0.25, -0.2) is 8.78 Å². The van der Waals surface area contributed by atoms with Crippen LogP contribution in [-0.2, 0) is 11.2 Å². The van der Waals surface area contributed by atoms with Crippen LogP contribution in [-0.4, -0.2) is 18.0 Å². The third-order valence-electron chi connectivity index (χ3n) is 2.62. The third kappa shape index (κ3) is 4.95. The average molecular weight is 270 g/mol. The van der Waals surface area contributed by atoms with E-state index in [9.17, 15) is 13.6 Å². The quantitative estimate of drug-likeness (QED) is 0.879. The van der Waals surface area contributed by atoms with Crippen LogP contribution in [0.2, 0.25) is 0 Å². The van der Waals surface area contributed by atoms with Gasteiger partial charge in [0, 0.05) is 12.1 Å². The first-order valence-electron chi connectivity index (χ1n) is 6.19. The van der Waals surface area contributed by atoms with Crippen LogP contribution in [0.4, 0.5) is 8.78 Å². The van der Waals surface area contributed by atoms with Crippen LogP contribution in [0.15, 0.2) is 18.2 Å². The highest BCUT2D eigenvalue weighted by atomic mass is 19.2. The zero-order chi connectivity index (χ0) is 14.6. The van der Waals surface area contributed by atoms with Gasteiger partial charge in [-0.3, -0.25) is 4.79 Å². The van der Waals surface area contributed by atoms with Crippen molar-refractivity contribution in [3.05, 3.63) is 35.4 Å². The van der Waals surface area contributed by atoms with Gasteiger partial charge >= 0.3 is 0 Å². The number of amides is 1. The standard InChI is InChI=1S/C14H20F2N2O/c1-14(2,3)18-13(19)10(8-17)6-9-4-5-11(15)12(16)7-9/h4-5,7,10H,6,8,17H2,1-3H3,(H,18,19). The molecule has 1 aromatic rings. The van der Waals surface area contributed by atoms with Gasteiger partial charge < -0.3 is 11.1 Å². The number of hydrogen-bond acceptors (Lipinski definition) is 2. The molecule has 1 rings (SSSR count). The topological polar surface area (TPSA) is 55.1 Å². The van der Waals surface area contributed by atoms with Gasteiger partial charge in [0.25, 0.3) is 0 Å². The molecule has 19 heavy (non-hydrogen) atoms. The van der Waals surface area contributed by atoms with Crippen molar-refractivity contribution in [1.29, 1.82) is 0 Å². The predicted molar refractivity (Wildman–Crippen MR) is 70.5 cm³/mol. The second-order valence-corrected chi connectivity index (χ2v) is 5.62.